The highest BCUT2D eigenvalue weighted by atomic mass is 32.1. The molecular formula is C21H25N3O4S. The van der Waals surface area contributed by atoms with Gasteiger partial charge in [0, 0.05) is 5.56 Å². The van der Waals surface area contributed by atoms with E-state index in [2.05, 4.69) is 30.0 Å². The van der Waals surface area contributed by atoms with E-state index in [0.717, 1.165) is 12.0 Å². The lowest BCUT2D eigenvalue weighted by atomic mass is 9.98. The summed E-state index contributed by atoms with van der Waals surface area (Å²) in [5, 5.41) is 2.45. The fourth-order valence-electron chi connectivity index (χ4n) is 2.49. The third kappa shape index (κ3) is 6.76. The Labute approximate surface area is 175 Å². The summed E-state index contributed by atoms with van der Waals surface area (Å²) in [5.41, 5.74) is 6.35. The number of carbonyl (C=O) groups excluding carboxylic acids is 2. The predicted octanol–water partition coefficient (Wildman–Crippen LogP) is 2.92. The van der Waals surface area contributed by atoms with Crippen LogP contribution in [0.3, 0.4) is 0 Å². The Morgan fingerprint density at radius 2 is 1.76 bits per heavy atom. The first-order valence-corrected chi connectivity index (χ1v) is 9.61. The molecule has 0 aliphatic heterocycles. The smallest absolute Gasteiger partial charge is 0.276 e. The van der Waals surface area contributed by atoms with Crippen molar-refractivity contribution < 1.29 is 19.1 Å². The molecule has 0 saturated heterocycles. The molecule has 1 unspecified atom stereocenters. The predicted molar refractivity (Wildman–Crippen MR) is 115 cm³/mol. The van der Waals surface area contributed by atoms with Gasteiger partial charge < -0.3 is 9.47 Å². The number of benzene rings is 2. The second-order valence-corrected chi connectivity index (χ2v) is 6.73. The molecule has 0 aromatic heterocycles. The number of carbonyl (C=O) groups is 2. The van der Waals surface area contributed by atoms with E-state index >= 15 is 0 Å². The molecule has 0 saturated carbocycles. The zero-order valence-electron chi connectivity index (χ0n) is 16.7. The molecule has 29 heavy (non-hydrogen) atoms. The molecule has 0 aliphatic carbocycles. The zero-order valence-corrected chi connectivity index (χ0v) is 17.5. The molecule has 1 atom stereocenters. The lowest BCUT2D eigenvalue weighted by Crippen LogP contribution is -2.49. The molecule has 0 spiro atoms. The van der Waals surface area contributed by atoms with Gasteiger partial charge >= 0.3 is 0 Å². The van der Waals surface area contributed by atoms with Crippen LogP contribution in [0, 0.1) is 0 Å². The summed E-state index contributed by atoms with van der Waals surface area (Å²) >= 11 is 5.02. The van der Waals surface area contributed by atoms with Gasteiger partial charge in [-0.3, -0.25) is 25.8 Å². The highest BCUT2D eigenvalue weighted by Gasteiger charge is 2.12. The SMILES string of the molecule is CCC(C)c1ccccc1OCC(=O)NNC(=S)NC(=O)c1ccc(OC)cc1. The molecule has 2 aromatic rings. The van der Waals surface area contributed by atoms with Crippen LogP contribution in [-0.2, 0) is 4.79 Å². The Hall–Kier alpha value is -3.13. The van der Waals surface area contributed by atoms with Crippen LogP contribution in [0.5, 0.6) is 11.5 Å². The van der Waals surface area contributed by atoms with Gasteiger partial charge in [-0.05, 0) is 60.5 Å². The normalized spacial score (nSPS) is 11.1. The van der Waals surface area contributed by atoms with Crippen molar-refractivity contribution in [2.45, 2.75) is 26.2 Å². The molecular weight excluding hydrogens is 390 g/mol. The minimum absolute atomic E-state index is 0.0285. The quantitative estimate of drug-likeness (QED) is 0.476. The van der Waals surface area contributed by atoms with Crippen LogP contribution >= 0.6 is 12.2 Å². The van der Waals surface area contributed by atoms with Gasteiger partial charge in [0.15, 0.2) is 11.7 Å². The molecule has 2 amide bonds. The molecule has 0 heterocycles. The average molecular weight is 416 g/mol. The number of hydrogen-bond acceptors (Lipinski definition) is 5. The standard InChI is InChI=1S/C21H25N3O4S/c1-4-14(2)17-7-5-6-8-18(17)28-13-19(25)23-24-21(29)22-20(26)15-9-11-16(27-3)12-10-15/h5-12,14H,4,13H2,1-3H3,(H,23,25)(H2,22,24,26,29). The van der Waals surface area contributed by atoms with Crippen molar-refractivity contribution in [1.29, 1.82) is 0 Å². The molecule has 0 bridgehead atoms. The van der Waals surface area contributed by atoms with Gasteiger partial charge in [0.25, 0.3) is 11.8 Å². The van der Waals surface area contributed by atoms with Crippen molar-refractivity contribution >= 4 is 29.1 Å². The lowest BCUT2D eigenvalue weighted by molar-refractivity contribution is -0.123. The topological polar surface area (TPSA) is 88.7 Å². The van der Waals surface area contributed by atoms with E-state index in [0.29, 0.717) is 23.0 Å². The lowest BCUT2D eigenvalue weighted by Gasteiger charge is -2.16. The number of hydrazine groups is 1. The summed E-state index contributed by atoms with van der Waals surface area (Å²) < 4.78 is 10.7. The minimum atomic E-state index is -0.426. The molecule has 0 fully saturated rings. The third-order valence-electron chi connectivity index (χ3n) is 4.32. The van der Waals surface area contributed by atoms with E-state index in [-0.39, 0.29) is 11.7 Å². The summed E-state index contributed by atoms with van der Waals surface area (Å²) in [6, 6.07) is 14.2. The second-order valence-electron chi connectivity index (χ2n) is 6.32. The largest absolute Gasteiger partial charge is 0.497 e. The van der Waals surface area contributed by atoms with Gasteiger partial charge in [0.05, 0.1) is 7.11 Å². The van der Waals surface area contributed by atoms with Crippen LogP contribution < -0.4 is 25.6 Å². The summed E-state index contributed by atoms with van der Waals surface area (Å²) in [5.74, 6) is 0.813. The van der Waals surface area contributed by atoms with Crippen molar-refractivity contribution in [3.8, 4) is 11.5 Å². The first-order chi connectivity index (χ1) is 13.9. The number of hydrogen-bond donors (Lipinski definition) is 3. The summed E-state index contributed by atoms with van der Waals surface area (Å²) in [7, 11) is 1.55. The number of para-hydroxylation sites is 1. The fourth-order valence-corrected chi connectivity index (χ4v) is 2.64. The van der Waals surface area contributed by atoms with E-state index in [9.17, 15) is 9.59 Å². The van der Waals surface area contributed by atoms with E-state index in [4.69, 9.17) is 21.7 Å². The van der Waals surface area contributed by atoms with E-state index in [1.54, 1.807) is 31.4 Å². The zero-order chi connectivity index (χ0) is 21.2. The number of rotatable bonds is 7. The Kier molecular flexibility index (Phi) is 8.42. The van der Waals surface area contributed by atoms with Crippen molar-refractivity contribution in [1.82, 2.24) is 16.2 Å². The molecule has 2 rings (SSSR count). The maximum atomic E-state index is 12.1. The Morgan fingerprint density at radius 3 is 2.41 bits per heavy atom. The highest BCUT2D eigenvalue weighted by molar-refractivity contribution is 7.80. The number of ether oxygens (including phenoxy) is 2. The monoisotopic (exact) mass is 415 g/mol. The van der Waals surface area contributed by atoms with Crippen molar-refractivity contribution in [2.24, 2.45) is 0 Å². The second kappa shape index (κ2) is 11.0. The molecule has 154 valence electrons. The Balaban J connectivity index is 1.79. The Morgan fingerprint density at radius 1 is 1.07 bits per heavy atom. The average Bonchev–Trinajstić information content (AvgIpc) is 2.75. The molecule has 2 aromatic carbocycles. The van der Waals surface area contributed by atoms with Gasteiger partial charge in [-0.1, -0.05) is 32.0 Å². The van der Waals surface area contributed by atoms with Gasteiger partial charge in [0.2, 0.25) is 0 Å². The summed E-state index contributed by atoms with van der Waals surface area (Å²) in [4.78, 5) is 24.1. The van der Waals surface area contributed by atoms with Crippen LogP contribution in [-0.4, -0.2) is 30.6 Å². The number of thiocarbonyl (C=S) groups is 1. The van der Waals surface area contributed by atoms with Crippen LogP contribution in [0.1, 0.15) is 42.1 Å². The summed E-state index contributed by atoms with van der Waals surface area (Å²) in [6.45, 7) is 4.02. The van der Waals surface area contributed by atoms with Crippen molar-refractivity contribution in [3.63, 3.8) is 0 Å². The van der Waals surface area contributed by atoms with E-state index < -0.39 is 11.8 Å². The van der Waals surface area contributed by atoms with E-state index in [1.165, 1.54) is 0 Å². The summed E-state index contributed by atoms with van der Waals surface area (Å²) in [6.07, 6.45) is 0.969. The Bertz CT molecular complexity index is 855. The van der Waals surface area contributed by atoms with Gasteiger partial charge in [-0.2, -0.15) is 0 Å². The van der Waals surface area contributed by atoms with Crippen LogP contribution in [0.25, 0.3) is 0 Å². The minimum Gasteiger partial charge on any atom is -0.497 e. The number of nitrogens with one attached hydrogen (secondary N) is 3. The number of amides is 2. The number of methoxy groups -OCH3 is 1. The van der Waals surface area contributed by atoms with E-state index in [1.807, 2.05) is 24.3 Å². The van der Waals surface area contributed by atoms with Gasteiger partial charge in [0.1, 0.15) is 11.5 Å². The third-order valence-corrected chi connectivity index (χ3v) is 4.52. The maximum absolute atomic E-state index is 12.1. The molecule has 8 heteroatoms. The van der Waals surface area contributed by atoms with Crippen molar-refractivity contribution in [3.05, 3.63) is 59.7 Å². The fraction of sp³-hybridized carbons (Fsp3) is 0.286. The molecule has 3 N–H and O–H groups in total. The maximum Gasteiger partial charge on any atom is 0.276 e. The van der Waals surface area contributed by atoms with Crippen LogP contribution in [0.4, 0.5) is 0 Å². The highest BCUT2D eigenvalue weighted by Crippen LogP contribution is 2.28. The molecule has 0 radical (unpaired) electrons. The van der Waals surface area contributed by atoms with Gasteiger partial charge in [-0.25, -0.2) is 0 Å². The first-order valence-electron chi connectivity index (χ1n) is 9.20. The first kappa shape index (κ1) is 22.2. The van der Waals surface area contributed by atoms with Gasteiger partial charge in [-0.15, -0.1) is 0 Å². The molecule has 7 nitrogen and oxygen atoms in total. The van der Waals surface area contributed by atoms with Crippen LogP contribution in [0.15, 0.2) is 48.5 Å². The molecule has 0 aliphatic rings. The van der Waals surface area contributed by atoms with Crippen molar-refractivity contribution in [2.75, 3.05) is 13.7 Å². The van der Waals surface area contributed by atoms with Crippen LogP contribution in [0.2, 0.25) is 0 Å².